The Balaban J connectivity index is 1.38. The summed E-state index contributed by atoms with van der Waals surface area (Å²) in [6.07, 6.45) is 0. The van der Waals surface area contributed by atoms with E-state index in [0.29, 0.717) is 45.2 Å². The normalized spacial score (nSPS) is 14.8. The molecule has 0 spiro atoms. The molecule has 2 amide bonds. The van der Waals surface area contributed by atoms with Crippen LogP contribution in [0.25, 0.3) is 0 Å². The Bertz CT molecular complexity index is 755. The van der Waals surface area contributed by atoms with Crippen molar-refractivity contribution in [3.05, 3.63) is 52.2 Å². The lowest BCUT2D eigenvalue weighted by Crippen LogP contribution is -2.46. The molecule has 25 heavy (non-hydrogen) atoms. The summed E-state index contributed by atoms with van der Waals surface area (Å²) in [4.78, 5) is 25.4. The van der Waals surface area contributed by atoms with E-state index >= 15 is 0 Å². The number of aromatic nitrogens is 3. The summed E-state index contributed by atoms with van der Waals surface area (Å²) in [7, 11) is 0. The number of fused-ring (bicyclic) bond motifs is 1. The highest BCUT2D eigenvalue weighted by atomic mass is 16.5. The molecule has 0 bridgehead atoms. The molecule has 0 saturated carbocycles. The molecular weight excluding hydrogens is 322 g/mol. The number of carbonyl (C=O) groups excluding carboxylic acids is 1. The molecule has 0 saturated heterocycles. The van der Waals surface area contributed by atoms with Gasteiger partial charge in [0.25, 0.3) is 0 Å². The Hall–Kier alpha value is -2.61. The number of carbonyl (C=O) groups is 1. The minimum atomic E-state index is -0.223. The fourth-order valence-corrected chi connectivity index (χ4v) is 2.73. The Morgan fingerprint density at radius 1 is 1.36 bits per heavy atom. The number of nitrogens with zero attached hydrogens (tertiary/aromatic N) is 3. The van der Waals surface area contributed by atoms with Crippen molar-refractivity contribution < 1.29 is 9.53 Å². The lowest BCUT2D eigenvalue weighted by molar-refractivity contribution is 0.0914. The maximum absolute atomic E-state index is 12.3. The van der Waals surface area contributed by atoms with Gasteiger partial charge in [-0.25, -0.2) is 14.7 Å². The van der Waals surface area contributed by atoms with Crippen LogP contribution in [0.1, 0.15) is 18.3 Å². The van der Waals surface area contributed by atoms with Crippen molar-refractivity contribution in [2.45, 2.75) is 26.6 Å². The van der Waals surface area contributed by atoms with Gasteiger partial charge in [-0.1, -0.05) is 37.3 Å². The van der Waals surface area contributed by atoms with Gasteiger partial charge in [0.1, 0.15) is 0 Å². The topological polar surface area (TPSA) is 92.3 Å². The molecular formula is C17H23N5O3. The summed E-state index contributed by atoms with van der Waals surface area (Å²) in [5.74, 6) is 0.798. The first-order valence-electron chi connectivity index (χ1n) is 8.42. The molecule has 2 N–H and O–H groups in total. The van der Waals surface area contributed by atoms with E-state index < -0.39 is 0 Å². The zero-order valence-corrected chi connectivity index (χ0v) is 14.3. The maximum atomic E-state index is 12.3. The van der Waals surface area contributed by atoms with Crippen molar-refractivity contribution in [2.75, 3.05) is 19.7 Å². The van der Waals surface area contributed by atoms with Crippen LogP contribution in [0.15, 0.2) is 35.1 Å². The molecule has 3 rings (SSSR count). The van der Waals surface area contributed by atoms with Gasteiger partial charge in [0.2, 0.25) is 0 Å². The van der Waals surface area contributed by atoms with Crippen LogP contribution in [0.4, 0.5) is 4.79 Å². The van der Waals surface area contributed by atoms with Gasteiger partial charge in [-0.15, -0.1) is 0 Å². The van der Waals surface area contributed by atoms with Crippen LogP contribution in [-0.4, -0.2) is 45.4 Å². The zero-order chi connectivity index (χ0) is 17.6. The highest BCUT2D eigenvalue weighted by Gasteiger charge is 2.23. The number of ether oxygens (including phenoxy) is 1. The van der Waals surface area contributed by atoms with Crippen LogP contribution in [0.2, 0.25) is 0 Å². The maximum Gasteiger partial charge on any atom is 0.343 e. The molecule has 0 radical (unpaired) electrons. The van der Waals surface area contributed by atoms with Crippen molar-refractivity contribution in [1.29, 1.82) is 0 Å². The average Bonchev–Trinajstić information content (AvgIpc) is 3.01. The lowest BCUT2D eigenvalue weighted by atomic mass is 10.2. The first-order valence-corrected chi connectivity index (χ1v) is 8.42. The fourth-order valence-electron chi connectivity index (χ4n) is 2.73. The van der Waals surface area contributed by atoms with Crippen LogP contribution in [0.5, 0.6) is 0 Å². The smallest absolute Gasteiger partial charge is 0.343 e. The van der Waals surface area contributed by atoms with Gasteiger partial charge in [-0.05, 0) is 11.5 Å². The molecule has 8 heteroatoms. The molecule has 1 aromatic heterocycles. The SMILES string of the molecule is C[C@H](CNC(=O)N1CCn2c(n[nH]c2=O)C1)COCc1ccccc1. The quantitative estimate of drug-likeness (QED) is 0.815. The molecule has 1 atom stereocenters. The number of rotatable bonds is 6. The van der Waals surface area contributed by atoms with Crippen LogP contribution in [0.3, 0.4) is 0 Å². The fraction of sp³-hybridized carbons (Fsp3) is 0.471. The monoisotopic (exact) mass is 345 g/mol. The number of amides is 2. The van der Waals surface area contributed by atoms with Crippen molar-refractivity contribution in [2.24, 2.45) is 5.92 Å². The van der Waals surface area contributed by atoms with E-state index in [-0.39, 0.29) is 17.6 Å². The van der Waals surface area contributed by atoms with Gasteiger partial charge in [-0.2, -0.15) is 5.10 Å². The van der Waals surface area contributed by atoms with E-state index in [1.807, 2.05) is 37.3 Å². The summed E-state index contributed by atoms with van der Waals surface area (Å²) in [6, 6.07) is 9.86. The molecule has 0 aliphatic carbocycles. The van der Waals surface area contributed by atoms with E-state index in [1.165, 1.54) is 0 Å². The Kier molecular flexibility index (Phi) is 5.49. The average molecular weight is 345 g/mol. The predicted molar refractivity (Wildman–Crippen MR) is 91.9 cm³/mol. The van der Waals surface area contributed by atoms with Crippen molar-refractivity contribution in [3.63, 3.8) is 0 Å². The van der Waals surface area contributed by atoms with Crippen LogP contribution >= 0.6 is 0 Å². The molecule has 1 aromatic carbocycles. The standard InChI is InChI=1S/C17H23N5O3/c1-13(11-25-12-14-5-3-2-4-6-14)9-18-16(23)21-7-8-22-15(10-21)19-20-17(22)24/h2-6,13H,7-12H2,1H3,(H,18,23)(H,20,24)/t13-/m1/s1. The van der Waals surface area contributed by atoms with Crippen molar-refractivity contribution >= 4 is 6.03 Å². The van der Waals surface area contributed by atoms with Crippen LogP contribution in [-0.2, 0) is 24.4 Å². The number of H-pyrrole nitrogens is 1. The summed E-state index contributed by atoms with van der Waals surface area (Å²) in [6.45, 7) is 5.02. The van der Waals surface area contributed by atoms with Gasteiger partial charge in [0.15, 0.2) is 5.82 Å². The second-order valence-electron chi connectivity index (χ2n) is 6.31. The van der Waals surface area contributed by atoms with Crippen molar-refractivity contribution in [3.8, 4) is 0 Å². The number of benzene rings is 1. The summed E-state index contributed by atoms with van der Waals surface area (Å²) < 4.78 is 7.25. The molecule has 0 fully saturated rings. The van der Waals surface area contributed by atoms with E-state index in [1.54, 1.807) is 9.47 Å². The Labute approximate surface area is 145 Å². The van der Waals surface area contributed by atoms with Gasteiger partial charge < -0.3 is 15.0 Å². The predicted octanol–water partition coefficient (Wildman–Crippen LogP) is 0.950. The van der Waals surface area contributed by atoms with Crippen LogP contribution < -0.4 is 11.0 Å². The first-order chi connectivity index (χ1) is 12.1. The molecule has 134 valence electrons. The number of nitrogens with one attached hydrogen (secondary N) is 2. The third-order valence-corrected chi connectivity index (χ3v) is 4.17. The zero-order valence-electron chi connectivity index (χ0n) is 14.3. The molecule has 2 aromatic rings. The largest absolute Gasteiger partial charge is 0.376 e. The number of aromatic amines is 1. The molecule has 0 unspecified atom stereocenters. The third-order valence-electron chi connectivity index (χ3n) is 4.17. The van der Waals surface area contributed by atoms with E-state index in [9.17, 15) is 9.59 Å². The Morgan fingerprint density at radius 3 is 2.96 bits per heavy atom. The summed E-state index contributed by atoms with van der Waals surface area (Å²) >= 11 is 0. The Morgan fingerprint density at radius 2 is 2.16 bits per heavy atom. The highest BCUT2D eigenvalue weighted by Crippen LogP contribution is 2.07. The number of hydrogen-bond donors (Lipinski definition) is 2. The second-order valence-corrected chi connectivity index (χ2v) is 6.31. The molecule has 2 heterocycles. The third kappa shape index (κ3) is 4.48. The van der Waals surface area contributed by atoms with Gasteiger partial charge in [-0.3, -0.25) is 4.57 Å². The number of hydrogen-bond acceptors (Lipinski definition) is 4. The van der Waals surface area contributed by atoms with Crippen molar-refractivity contribution in [1.82, 2.24) is 25.0 Å². The molecule has 1 aliphatic heterocycles. The molecule has 8 nitrogen and oxygen atoms in total. The van der Waals surface area contributed by atoms with E-state index in [4.69, 9.17) is 4.74 Å². The highest BCUT2D eigenvalue weighted by molar-refractivity contribution is 5.74. The minimum absolute atomic E-state index is 0.142. The van der Waals surface area contributed by atoms with Gasteiger partial charge in [0.05, 0.1) is 19.8 Å². The first kappa shape index (κ1) is 17.2. The van der Waals surface area contributed by atoms with Gasteiger partial charge >= 0.3 is 11.7 Å². The lowest BCUT2D eigenvalue weighted by Gasteiger charge is -2.27. The van der Waals surface area contributed by atoms with E-state index in [2.05, 4.69) is 15.5 Å². The minimum Gasteiger partial charge on any atom is -0.376 e. The second kappa shape index (κ2) is 7.98. The van der Waals surface area contributed by atoms with Crippen LogP contribution in [0, 0.1) is 5.92 Å². The van der Waals surface area contributed by atoms with Gasteiger partial charge in [0, 0.05) is 19.6 Å². The number of urea groups is 1. The summed E-state index contributed by atoms with van der Waals surface area (Å²) in [5, 5.41) is 9.27. The summed E-state index contributed by atoms with van der Waals surface area (Å²) in [5.41, 5.74) is 0.913. The van der Waals surface area contributed by atoms with E-state index in [0.717, 1.165) is 5.56 Å². The molecule has 1 aliphatic rings.